The van der Waals surface area contributed by atoms with Crippen molar-refractivity contribution in [1.82, 2.24) is 0 Å². The summed E-state index contributed by atoms with van der Waals surface area (Å²) in [6.07, 6.45) is 1.49. The second-order valence-electron chi connectivity index (χ2n) is 5.44. The molecular weight excluding hydrogens is 332 g/mol. The second-order valence-corrected chi connectivity index (χ2v) is 5.44. The highest BCUT2D eigenvalue weighted by Gasteiger charge is 2.29. The van der Waals surface area contributed by atoms with E-state index in [1.54, 1.807) is 0 Å². The normalized spacial score (nSPS) is 14.8. The van der Waals surface area contributed by atoms with Crippen molar-refractivity contribution in [2.45, 2.75) is 25.6 Å². The second kappa shape index (κ2) is 8.68. The maximum Gasteiger partial charge on any atom is 0.345 e. The van der Waals surface area contributed by atoms with Crippen LogP contribution in [0.2, 0.25) is 0 Å². The number of ether oxygens (including phenoxy) is 5. The molecule has 25 heavy (non-hydrogen) atoms. The van der Waals surface area contributed by atoms with Gasteiger partial charge in [-0.05, 0) is 24.5 Å². The first-order valence-corrected chi connectivity index (χ1v) is 7.82. The van der Waals surface area contributed by atoms with Gasteiger partial charge in [-0.1, -0.05) is 0 Å². The third-order valence-corrected chi connectivity index (χ3v) is 3.97. The number of benzene rings is 1. The molecule has 0 amide bonds. The van der Waals surface area contributed by atoms with Crippen LogP contribution in [0.25, 0.3) is 0 Å². The van der Waals surface area contributed by atoms with Crippen LogP contribution in [0.15, 0.2) is 6.07 Å². The Hall–Kier alpha value is -2.32. The number of methoxy groups -OCH3 is 3. The van der Waals surface area contributed by atoms with Gasteiger partial charge in [-0.2, -0.15) is 0 Å². The summed E-state index contributed by atoms with van der Waals surface area (Å²) in [6.45, 7) is 1.29. The largest absolute Gasteiger partial charge is 0.507 e. The van der Waals surface area contributed by atoms with E-state index in [2.05, 4.69) is 4.74 Å². The van der Waals surface area contributed by atoms with E-state index in [1.807, 2.05) is 0 Å². The van der Waals surface area contributed by atoms with Gasteiger partial charge in [-0.25, -0.2) is 9.59 Å². The number of phenols is 1. The lowest BCUT2D eigenvalue weighted by atomic mass is 10.0. The molecule has 0 radical (unpaired) electrons. The van der Waals surface area contributed by atoms with Crippen LogP contribution in [0.5, 0.6) is 11.5 Å². The van der Waals surface area contributed by atoms with Crippen LogP contribution in [-0.4, -0.2) is 57.7 Å². The SMILES string of the molecule is COC(=O)c1c(O)cc(COC2CCOCC2)c(C(=O)OC)c1OC. The van der Waals surface area contributed by atoms with Crippen LogP contribution in [-0.2, 0) is 25.6 Å². The van der Waals surface area contributed by atoms with Gasteiger partial charge in [0.15, 0.2) is 5.75 Å². The average Bonchev–Trinajstić information content (AvgIpc) is 2.65. The predicted octanol–water partition coefficient (Wildman–Crippen LogP) is 1.67. The molecule has 0 atom stereocenters. The van der Waals surface area contributed by atoms with E-state index in [0.29, 0.717) is 18.8 Å². The van der Waals surface area contributed by atoms with E-state index < -0.39 is 11.9 Å². The first-order valence-electron chi connectivity index (χ1n) is 7.82. The zero-order valence-electron chi connectivity index (χ0n) is 14.5. The minimum absolute atomic E-state index is 0.00679. The molecular formula is C17H22O8. The van der Waals surface area contributed by atoms with Crippen molar-refractivity contribution in [2.75, 3.05) is 34.5 Å². The summed E-state index contributed by atoms with van der Waals surface area (Å²) in [5, 5.41) is 10.2. The van der Waals surface area contributed by atoms with Gasteiger partial charge in [-0.15, -0.1) is 0 Å². The molecule has 0 aliphatic carbocycles. The minimum Gasteiger partial charge on any atom is -0.507 e. The summed E-state index contributed by atoms with van der Waals surface area (Å²) in [6, 6.07) is 1.29. The third-order valence-electron chi connectivity index (χ3n) is 3.97. The van der Waals surface area contributed by atoms with E-state index in [0.717, 1.165) is 12.8 Å². The van der Waals surface area contributed by atoms with Crippen LogP contribution < -0.4 is 4.74 Å². The number of esters is 2. The molecule has 1 aromatic carbocycles. The molecule has 0 aromatic heterocycles. The fourth-order valence-electron chi connectivity index (χ4n) is 2.69. The summed E-state index contributed by atoms with van der Waals surface area (Å²) < 4.78 is 25.7. The fraction of sp³-hybridized carbons (Fsp3) is 0.529. The Morgan fingerprint density at radius 3 is 2.28 bits per heavy atom. The van der Waals surface area contributed by atoms with E-state index >= 15 is 0 Å². The Morgan fingerprint density at radius 2 is 1.72 bits per heavy atom. The number of phenolic OH excluding ortho intramolecular Hbond substituents is 1. The highest BCUT2D eigenvalue weighted by molar-refractivity contribution is 6.03. The molecule has 1 N–H and O–H groups in total. The molecule has 0 unspecified atom stereocenters. The zero-order chi connectivity index (χ0) is 18.4. The molecule has 0 saturated carbocycles. The maximum absolute atomic E-state index is 12.2. The van der Waals surface area contributed by atoms with Crippen molar-refractivity contribution in [1.29, 1.82) is 0 Å². The molecule has 0 bridgehead atoms. The lowest BCUT2D eigenvalue weighted by Gasteiger charge is -2.23. The Bertz CT molecular complexity index is 634. The monoisotopic (exact) mass is 354 g/mol. The minimum atomic E-state index is -0.823. The molecule has 0 spiro atoms. The van der Waals surface area contributed by atoms with Crippen molar-refractivity contribution in [3.8, 4) is 11.5 Å². The van der Waals surface area contributed by atoms with Crippen molar-refractivity contribution < 1.29 is 38.4 Å². The molecule has 8 nitrogen and oxygen atoms in total. The molecule has 1 fully saturated rings. The Kier molecular flexibility index (Phi) is 6.60. The topological polar surface area (TPSA) is 101 Å². The maximum atomic E-state index is 12.2. The van der Waals surface area contributed by atoms with Crippen molar-refractivity contribution in [3.05, 3.63) is 22.8 Å². The Labute approximate surface area is 145 Å². The number of aromatic hydroxyl groups is 1. The standard InChI is InChI=1S/C17H22O8/c1-21-15-13(16(19)22-2)10(8-12(18)14(15)17(20)23-3)9-25-11-4-6-24-7-5-11/h8,11,18H,4-7,9H2,1-3H3. The summed E-state index contributed by atoms with van der Waals surface area (Å²) >= 11 is 0. The van der Waals surface area contributed by atoms with Crippen molar-refractivity contribution >= 4 is 11.9 Å². The number of hydrogen-bond donors (Lipinski definition) is 1. The molecule has 1 aromatic rings. The van der Waals surface area contributed by atoms with Gasteiger partial charge in [0.05, 0.1) is 34.0 Å². The average molecular weight is 354 g/mol. The van der Waals surface area contributed by atoms with Gasteiger partial charge in [0.25, 0.3) is 0 Å². The first kappa shape index (κ1) is 19.0. The number of hydrogen-bond acceptors (Lipinski definition) is 8. The molecule has 138 valence electrons. The predicted molar refractivity (Wildman–Crippen MR) is 86.0 cm³/mol. The van der Waals surface area contributed by atoms with Gasteiger partial charge in [-0.3, -0.25) is 0 Å². The van der Waals surface area contributed by atoms with Crippen LogP contribution in [0.1, 0.15) is 39.1 Å². The molecule has 1 saturated heterocycles. The van der Waals surface area contributed by atoms with E-state index in [-0.39, 0.29) is 35.3 Å². The highest BCUT2D eigenvalue weighted by Crippen LogP contribution is 2.36. The van der Waals surface area contributed by atoms with E-state index in [1.165, 1.54) is 27.4 Å². The van der Waals surface area contributed by atoms with Crippen molar-refractivity contribution in [3.63, 3.8) is 0 Å². The van der Waals surface area contributed by atoms with Crippen LogP contribution in [0.3, 0.4) is 0 Å². The smallest absolute Gasteiger partial charge is 0.345 e. The molecule has 8 heteroatoms. The lowest BCUT2D eigenvalue weighted by Crippen LogP contribution is -2.24. The van der Waals surface area contributed by atoms with Gasteiger partial charge in [0, 0.05) is 13.2 Å². The number of carbonyl (C=O) groups excluding carboxylic acids is 2. The molecule has 1 aliphatic rings. The fourth-order valence-corrected chi connectivity index (χ4v) is 2.69. The lowest BCUT2D eigenvalue weighted by molar-refractivity contribution is -0.0394. The first-order chi connectivity index (χ1) is 12.0. The van der Waals surface area contributed by atoms with Crippen molar-refractivity contribution in [2.24, 2.45) is 0 Å². The molecule has 1 heterocycles. The van der Waals surface area contributed by atoms with E-state index in [4.69, 9.17) is 18.9 Å². The van der Waals surface area contributed by atoms with Gasteiger partial charge in [0.2, 0.25) is 0 Å². The Balaban J connectivity index is 2.41. The van der Waals surface area contributed by atoms with Crippen LogP contribution in [0.4, 0.5) is 0 Å². The third kappa shape index (κ3) is 4.21. The summed E-state index contributed by atoms with van der Waals surface area (Å²) in [5.41, 5.74) is 0.149. The number of carbonyl (C=O) groups is 2. The summed E-state index contributed by atoms with van der Waals surface area (Å²) in [5.74, 6) is -1.99. The zero-order valence-corrected chi connectivity index (χ0v) is 14.5. The molecule has 1 aliphatic heterocycles. The molecule has 2 rings (SSSR count). The van der Waals surface area contributed by atoms with Gasteiger partial charge < -0.3 is 28.8 Å². The van der Waals surface area contributed by atoms with Gasteiger partial charge >= 0.3 is 11.9 Å². The van der Waals surface area contributed by atoms with Gasteiger partial charge in [0.1, 0.15) is 16.9 Å². The quantitative estimate of drug-likeness (QED) is 0.770. The Morgan fingerprint density at radius 1 is 1.12 bits per heavy atom. The number of rotatable bonds is 6. The summed E-state index contributed by atoms with van der Waals surface area (Å²) in [7, 11) is 3.67. The summed E-state index contributed by atoms with van der Waals surface area (Å²) in [4.78, 5) is 24.2. The highest BCUT2D eigenvalue weighted by atomic mass is 16.5. The van der Waals surface area contributed by atoms with E-state index in [9.17, 15) is 14.7 Å². The van der Waals surface area contributed by atoms with Crippen LogP contribution in [0, 0.1) is 0 Å². The van der Waals surface area contributed by atoms with Crippen LogP contribution >= 0.6 is 0 Å².